The molecule has 1 aliphatic rings. The van der Waals surface area contributed by atoms with E-state index in [-0.39, 0.29) is 0 Å². The predicted octanol–water partition coefficient (Wildman–Crippen LogP) is 1.80. The molecule has 2 N–H and O–H groups in total. The van der Waals surface area contributed by atoms with Crippen LogP contribution in [0.1, 0.15) is 30.9 Å². The summed E-state index contributed by atoms with van der Waals surface area (Å²) < 4.78 is 3.27. The molecule has 1 saturated carbocycles. The van der Waals surface area contributed by atoms with Crippen LogP contribution in [0.25, 0.3) is 0 Å². The van der Waals surface area contributed by atoms with Crippen LogP contribution in [0.4, 0.5) is 0 Å². The number of hydrogen-bond donors (Lipinski definition) is 1. The van der Waals surface area contributed by atoms with Gasteiger partial charge in [-0.3, -0.25) is 4.68 Å². The van der Waals surface area contributed by atoms with Crippen molar-refractivity contribution in [1.29, 1.82) is 0 Å². The highest BCUT2D eigenvalue weighted by Crippen LogP contribution is 2.37. The topological polar surface area (TPSA) is 47.1 Å². The largest absolute Gasteiger partial charge is 0.328 e. The van der Waals surface area contributed by atoms with Gasteiger partial charge in [-0.05, 0) is 49.3 Å². The molecule has 0 aliphatic heterocycles. The first-order chi connectivity index (χ1) is 8.08. The van der Waals surface area contributed by atoms with Crippen molar-refractivity contribution >= 4 is 15.9 Å². The molecule has 2 unspecified atom stereocenters. The second-order valence-electron chi connectivity index (χ2n) is 5.17. The number of likely N-dealkylation sites (N-methyl/N-ethyl adjacent to an activating group) is 1. The highest BCUT2D eigenvalue weighted by molar-refractivity contribution is 9.10. The van der Waals surface area contributed by atoms with Crippen LogP contribution in [0, 0.1) is 0 Å². The minimum absolute atomic E-state index is 0.365. The van der Waals surface area contributed by atoms with E-state index < -0.39 is 0 Å². The van der Waals surface area contributed by atoms with E-state index in [4.69, 9.17) is 5.73 Å². The maximum Gasteiger partial charge on any atom is 0.0635 e. The van der Waals surface area contributed by atoms with Crippen molar-refractivity contribution in [3.63, 3.8) is 0 Å². The van der Waals surface area contributed by atoms with Gasteiger partial charge in [0.1, 0.15) is 0 Å². The van der Waals surface area contributed by atoms with Gasteiger partial charge in [-0.1, -0.05) is 0 Å². The third-order valence-corrected chi connectivity index (χ3v) is 4.06. The predicted molar refractivity (Wildman–Crippen MR) is 73.0 cm³/mol. The monoisotopic (exact) mass is 300 g/mol. The first kappa shape index (κ1) is 13.1. The Morgan fingerprint density at radius 1 is 1.53 bits per heavy atom. The summed E-state index contributed by atoms with van der Waals surface area (Å²) in [5.74, 6) is 0.573. The molecule has 1 aromatic heterocycles. The molecule has 1 aromatic rings. The lowest BCUT2D eigenvalue weighted by Gasteiger charge is -2.16. The van der Waals surface area contributed by atoms with Gasteiger partial charge in [0, 0.05) is 18.5 Å². The van der Waals surface area contributed by atoms with Gasteiger partial charge in [0.2, 0.25) is 0 Å². The summed E-state index contributed by atoms with van der Waals surface area (Å²) in [4.78, 5) is 2.18. The number of nitrogens with zero attached hydrogens (tertiary/aromatic N) is 3. The smallest absolute Gasteiger partial charge is 0.0635 e. The molecule has 2 rings (SSSR count). The molecule has 2 atom stereocenters. The number of hydrogen-bond acceptors (Lipinski definition) is 3. The second-order valence-corrected chi connectivity index (χ2v) is 6.03. The van der Waals surface area contributed by atoms with E-state index in [0.29, 0.717) is 12.0 Å². The zero-order valence-electron chi connectivity index (χ0n) is 10.6. The number of halogens is 1. The fourth-order valence-corrected chi connectivity index (χ4v) is 3.14. The minimum Gasteiger partial charge on any atom is -0.328 e. The molecule has 0 saturated heterocycles. The summed E-state index contributed by atoms with van der Waals surface area (Å²) in [7, 11) is 4.17. The maximum absolute atomic E-state index is 6.00. The van der Waals surface area contributed by atoms with Gasteiger partial charge in [0.15, 0.2) is 0 Å². The van der Waals surface area contributed by atoms with Gasteiger partial charge in [-0.25, -0.2) is 0 Å². The molecule has 0 bridgehead atoms. The summed E-state index contributed by atoms with van der Waals surface area (Å²) in [5.41, 5.74) is 7.33. The van der Waals surface area contributed by atoms with Gasteiger partial charge in [0.25, 0.3) is 0 Å². The molecule has 96 valence electrons. The van der Waals surface area contributed by atoms with Crippen LogP contribution in [0.2, 0.25) is 0 Å². The van der Waals surface area contributed by atoms with Gasteiger partial charge >= 0.3 is 0 Å². The summed E-state index contributed by atoms with van der Waals surface area (Å²) in [6.45, 7) is 1.96. The van der Waals surface area contributed by atoms with Crippen molar-refractivity contribution in [3.8, 4) is 0 Å². The molecule has 0 spiro atoms. The molecule has 5 heteroatoms. The summed E-state index contributed by atoms with van der Waals surface area (Å²) in [6, 6.07) is 0.365. The van der Waals surface area contributed by atoms with E-state index in [1.54, 1.807) is 0 Å². The van der Waals surface area contributed by atoms with Crippen LogP contribution in [-0.2, 0) is 6.54 Å². The number of nitrogens with two attached hydrogens (primary N) is 1. The van der Waals surface area contributed by atoms with Gasteiger partial charge in [-0.2, -0.15) is 5.10 Å². The van der Waals surface area contributed by atoms with Crippen molar-refractivity contribution in [1.82, 2.24) is 14.7 Å². The molecule has 1 fully saturated rings. The Balaban J connectivity index is 2.12. The normalized spacial score (nSPS) is 24.8. The quantitative estimate of drug-likeness (QED) is 0.922. The van der Waals surface area contributed by atoms with Crippen LogP contribution < -0.4 is 5.73 Å². The van der Waals surface area contributed by atoms with Crippen LogP contribution >= 0.6 is 15.9 Å². The summed E-state index contributed by atoms with van der Waals surface area (Å²) >= 11 is 3.62. The lowest BCUT2D eigenvalue weighted by molar-refractivity contribution is 0.366. The fourth-order valence-electron chi connectivity index (χ4n) is 2.52. The first-order valence-corrected chi connectivity index (χ1v) is 6.98. The third kappa shape index (κ3) is 3.09. The average molecular weight is 301 g/mol. The molecular formula is C12H21BrN4. The number of aromatic nitrogens is 2. The number of rotatable bonds is 4. The third-order valence-electron chi connectivity index (χ3n) is 3.45. The highest BCUT2D eigenvalue weighted by Gasteiger charge is 2.27. The SMILES string of the molecule is CN(C)CCn1ncc(Br)c1C1CCC(N)C1. The van der Waals surface area contributed by atoms with Crippen molar-refractivity contribution in [2.24, 2.45) is 5.73 Å². The first-order valence-electron chi connectivity index (χ1n) is 6.19. The Kier molecular flexibility index (Phi) is 4.22. The minimum atomic E-state index is 0.365. The lowest BCUT2D eigenvalue weighted by atomic mass is 10.0. The zero-order valence-corrected chi connectivity index (χ0v) is 12.2. The lowest BCUT2D eigenvalue weighted by Crippen LogP contribution is -2.21. The van der Waals surface area contributed by atoms with E-state index in [2.05, 4.69) is 44.7 Å². The Labute approximate surface area is 111 Å². The Hall–Kier alpha value is -0.390. The molecule has 1 heterocycles. The van der Waals surface area contributed by atoms with Gasteiger partial charge in [0.05, 0.1) is 22.9 Å². The van der Waals surface area contributed by atoms with E-state index in [9.17, 15) is 0 Å². The molecule has 4 nitrogen and oxygen atoms in total. The van der Waals surface area contributed by atoms with Crippen molar-refractivity contribution in [3.05, 3.63) is 16.4 Å². The standard InChI is InChI=1S/C12H21BrN4/c1-16(2)5-6-17-12(11(13)8-15-17)9-3-4-10(14)7-9/h8-10H,3-7,14H2,1-2H3. The van der Waals surface area contributed by atoms with E-state index in [0.717, 1.165) is 30.4 Å². The summed E-state index contributed by atoms with van der Waals surface area (Å²) in [5, 5.41) is 4.46. The van der Waals surface area contributed by atoms with Gasteiger partial charge < -0.3 is 10.6 Å². The van der Waals surface area contributed by atoms with Crippen LogP contribution in [-0.4, -0.2) is 41.4 Å². The highest BCUT2D eigenvalue weighted by atomic mass is 79.9. The summed E-state index contributed by atoms with van der Waals surface area (Å²) in [6.07, 6.45) is 5.32. The molecule has 0 radical (unpaired) electrons. The second kappa shape index (κ2) is 5.50. The van der Waals surface area contributed by atoms with Crippen molar-refractivity contribution in [2.45, 2.75) is 37.8 Å². The van der Waals surface area contributed by atoms with Crippen LogP contribution in [0.15, 0.2) is 10.7 Å². The molecule has 0 amide bonds. The fraction of sp³-hybridized carbons (Fsp3) is 0.750. The van der Waals surface area contributed by atoms with Crippen molar-refractivity contribution in [2.75, 3.05) is 20.6 Å². The van der Waals surface area contributed by atoms with Crippen molar-refractivity contribution < 1.29 is 0 Å². The molecule has 1 aliphatic carbocycles. The molecule has 0 aromatic carbocycles. The van der Waals surface area contributed by atoms with Crippen LogP contribution in [0.5, 0.6) is 0 Å². The van der Waals surface area contributed by atoms with E-state index in [1.165, 1.54) is 12.1 Å². The molecular weight excluding hydrogens is 280 g/mol. The maximum atomic E-state index is 6.00. The van der Waals surface area contributed by atoms with Gasteiger partial charge in [-0.15, -0.1) is 0 Å². The molecule has 17 heavy (non-hydrogen) atoms. The average Bonchev–Trinajstić information content (AvgIpc) is 2.82. The van der Waals surface area contributed by atoms with E-state index >= 15 is 0 Å². The Bertz CT molecular complexity index is 375. The zero-order chi connectivity index (χ0) is 12.4. The van der Waals surface area contributed by atoms with E-state index in [1.807, 2.05) is 6.20 Å². The Morgan fingerprint density at radius 3 is 2.88 bits per heavy atom. The Morgan fingerprint density at radius 2 is 2.29 bits per heavy atom. The van der Waals surface area contributed by atoms with Crippen LogP contribution in [0.3, 0.4) is 0 Å².